The summed E-state index contributed by atoms with van der Waals surface area (Å²) in [5, 5.41) is 12.8. The van der Waals surface area contributed by atoms with Crippen molar-refractivity contribution >= 4 is 17.6 Å². The number of carbonyl (C=O) groups is 1. The van der Waals surface area contributed by atoms with Gasteiger partial charge in [0.05, 0.1) is 38.0 Å². The fraction of sp³-hybridized carbons (Fsp3) is 0.517. The highest BCUT2D eigenvalue weighted by Gasteiger charge is 2.17. The molecule has 2 aromatic rings. The van der Waals surface area contributed by atoms with Gasteiger partial charge in [-0.1, -0.05) is 57.2 Å². The SMILES string of the molecule is CCCCCCCCOc1ccccc1C([O-])=Nc1ccc(C(=O)OCC[N+](C)(CC)CC)cc1. The molecule has 0 aliphatic rings. The third kappa shape index (κ3) is 9.73. The summed E-state index contributed by atoms with van der Waals surface area (Å²) >= 11 is 0. The second kappa shape index (κ2) is 15.2. The Hall–Kier alpha value is -2.86. The third-order valence-electron chi connectivity index (χ3n) is 6.60. The quantitative estimate of drug-likeness (QED) is 0.104. The largest absolute Gasteiger partial charge is 0.858 e. The Balaban J connectivity index is 1.93. The summed E-state index contributed by atoms with van der Waals surface area (Å²) in [5.41, 5.74) is 1.37. The molecule has 0 spiro atoms. The van der Waals surface area contributed by atoms with Gasteiger partial charge in [-0.25, -0.2) is 4.79 Å². The number of nitrogens with zero attached hydrogens (tertiary/aromatic N) is 2. The zero-order valence-electron chi connectivity index (χ0n) is 21.9. The molecule has 0 N–H and O–H groups in total. The maximum Gasteiger partial charge on any atom is 0.338 e. The zero-order chi connectivity index (χ0) is 25.5. The van der Waals surface area contributed by atoms with Gasteiger partial charge in [0, 0.05) is 5.56 Å². The predicted molar refractivity (Wildman–Crippen MR) is 140 cm³/mol. The molecule has 0 unspecified atom stereocenters. The Morgan fingerprint density at radius 3 is 2.23 bits per heavy atom. The number of benzene rings is 2. The van der Waals surface area contributed by atoms with E-state index >= 15 is 0 Å². The highest BCUT2D eigenvalue weighted by molar-refractivity contribution is 5.95. The van der Waals surface area contributed by atoms with Gasteiger partial charge in [0.25, 0.3) is 0 Å². The standard InChI is InChI=1S/C29H42N2O4/c1-5-8-9-10-11-14-22-34-27-16-13-12-15-26(27)28(32)30-25-19-17-24(18-20-25)29(33)35-23-21-31(4,6-2)7-3/h12-13,15-20H,5-11,14,21-23H2,1-4H3. The molecule has 0 radical (unpaired) electrons. The molecule has 0 aliphatic carbocycles. The van der Waals surface area contributed by atoms with Crippen molar-refractivity contribution in [2.45, 2.75) is 59.3 Å². The van der Waals surface area contributed by atoms with E-state index in [4.69, 9.17) is 9.47 Å². The molecule has 2 rings (SSSR count). The van der Waals surface area contributed by atoms with E-state index in [-0.39, 0.29) is 11.9 Å². The van der Waals surface area contributed by atoms with Crippen LogP contribution in [-0.4, -0.2) is 56.2 Å². The number of rotatable bonds is 16. The van der Waals surface area contributed by atoms with Crippen LogP contribution in [0.25, 0.3) is 0 Å². The molecule has 0 aromatic heterocycles. The van der Waals surface area contributed by atoms with Crippen molar-refractivity contribution in [3.8, 4) is 5.75 Å². The van der Waals surface area contributed by atoms with Crippen molar-refractivity contribution in [1.29, 1.82) is 0 Å². The maximum absolute atomic E-state index is 12.8. The molecule has 0 saturated carbocycles. The Morgan fingerprint density at radius 1 is 0.886 bits per heavy atom. The molecular weight excluding hydrogens is 440 g/mol. The normalized spacial score (nSPS) is 11.9. The van der Waals surface area contributed by atoms with Crippen LogP contribution in [0.1, 0.15) is 75.2 Å². The van der Waals surface area contributed by atoms with Crippen LogP contribution in [0.5, 0.6) is 5.75 Å². The molecule has 6 heteroatoms. The van der Waals surface area contributed by atoms with Crippen molar-refractivity contribution in [3.63, 3.8) is 0 Å². The third-order valence-corrected chi connectivity index (χ3v) is 6.60. The topological polar surface area (TPSA) is 71.0 Å². The van der Waals surface area contributed by atoms with Gasteiger partial charge in [-0.3, -0.25) is 4.99 Å². The molecule has 2 aromatic carbocycles. The predicted octanol–water partition coefficient (Wildman–Crippen LogP) is 5.51. The summed E-state index contributed by atoms with van der Waals surface area (Å²) in [5.74, 6) is -0.176. The number of likely N-dealkylation sites (N-methyl/N-ethyl adjacent to an activating group) is 1. The van der Waals surface area contributed by atoms with Gasteiger partial charge in [-0.2, -0.15) is 0 Å². The lowest BCUT2D eigenvalue weighted by Crippen LogP contribution is -2.46. The van der Waals surface area contributed by atoms with Gasteiger partial charge in [0.2, 0.25) is 0 Å². The molecule has 0 amide bonds. The summed E-state index contributed by atoms with van der Waals surface area (Å²) in [6.07, 6.45) is 7.09. The van der Waals surface area contributed by atoms with Gasteiger partial charge in [-0.15, -0.1) is 0 Å². The van der Waals surface area contributed by atoms with Crippen LogP contribution in [0.15, 0.2) is 53.5 Å². The molecule has 0 heterocycles. The number of para-hydroxylation sites is 1. The fourth-order valence-corrected chi connectivity index (χ4v) is 3.67. The fourth-order valence-electron chi connectivity index (χ4n) is 3.67. The first-order valence-corrected chi connectivity index (χ1v) is 13.0. The minimum atomic E-state index is -0.366. The zero-order valence-corrected chi connectivity index (χ0v) is 21.9. The number of carbonyl (C=O) groups excluding carboxylic acids is 1. The summed E-state index contributed by atoms with van der Waals surface area (Å²) in [7, 11) is 2.15. The van der Waals surface area contributed by atoms with E-state index in [2.05, 4.69) is 32.8 Å². The number of ether oxygens (including phenoxy) is 2. The monoisotopic (exact) mass is 482 g/mol. The summed E-state index contributed by atoms with van der Waals surface area (Å²) in [6, 6.07) is 13.8. The van der Waals surface area contributed by atoms with Gasteiger partial charge >= 0.3 is 5.97 Å². The average molecular weight is 483 g/mol. The summed E-state index contributed by atoms with van der Waals surface area (Å²) < 4.78 is 12.2. The van der Waals surface area contributed by atoms with Crippen molar-refractivity contribution in [2.75, 3.05) is 39.9 Å². The summed E-state index contributed by atoms with van der Waals surface area (Å²) in [6.45, 7) is 10.2. The molecule has 0 aliphatic heterocycles. The average Bonchev–Trinajstić information content (AvgIpc) is 2.88. The second-order valence-corrected chi connectivity index (χ2v) is 9.19. The minimum Gasteiger partial charge on any atom is -0.858 e. The lowest BCUT2D eigenvalue weighted by Gasteiger charge is -2.31. The van der Waals surface area contributed by atoms with E-state index in [9.17, 15) is 9.90 Å². The molecule has 0 bridgehead atoms. The molecular formula is C29H42N2O4. The Labute approximate surface area is 211 Å². The van der Waals surface area contributed by atoms with Crippen molar-refractivity contribution in [3.05, 3.63) is 59.7 Å². The number of quaternary nitrogens is 1. The molecule has 0 fully saturated rings. The number of esters is 1. The molecule has 0 saturated heterocycles. The lowest BCUT2D eigenvalue weighted by molar-refractivity contribution is -0.906. The van der Waals surface area contributed by atoms with Gasteiger partial charge < -0.3 is 19.1 Å². The van der Waals surface area contributed by atoms with E-state index in [0.717, 1.165) is 37.0 Å². The van der Waals surface area contributed by atoms with Crippen molar-refractivity contribution in [1.82, 2.24) is 0 Å². The highest BCUT2D eigenvalue weighted by atomic mass is 16.5. The molecule has 0 atom stereocenters. The molecule has 192 valence electrons. The Bertz CT molecular complexity index is 921. The number of unbranched alkanes of at least 4 members (excludes halogenated alkanes) is 5. The first kappa shape index (κ1) is 28.4. The minimum absolute atomic E-state index is 0.366. The highest BCUT2D eigenvalue weighted by Crippen LogP contribution is 2.21. The van der Waals surface area contributed by atoms with Gasteiger partial charge in [-0.05, 0) is 56.5 Å². The van der Waals surface area contributed by atoms with E-state index in [1.54, 1.807) is 42.5 Å². The van der Waals surface area contributed by atoms with Crippen LogP contribution in [0.2, 0.25) is 0 Å². The first-order valence-electron chi connectivity index (χ1n) is 13.0. The number of hydrogen-bond acceptors (Lipinski definition) is 5. The van der Waals surface area contributed by atoms with Gasteiger partial charge in [0.1, 0.15) is 18.9 Å². The number of aliphatic imine (C=N–C) groups is 1. The van der Waals surface area contributed by atoms with Crippen LogP contribution in [0, 0.1) is 0 Å². The van der Waals surface area contributed by atoms with E-state index in [1.165, 1.54) is 25.7 Å². The molecule has 6 nitrogen and oxygen atoms in total. The first-order chi connectivity index (χ1) is 16.9. The Morgan fingerprint density at radius 2 is 1.54 bits per heavy atom. The van der Waals surface area contributed by atoms with Crippen LogP contribution in [-0.2, 0) is 4.74 Å². The maximum atomic E-state index is 12.8. The van der Waals surface area contributed by atoms with Crippen molar-refractivity contribution < 1.29 is 23.9 Å². The van der Waals surface area contributed by atoms with Gasteiger partial charge in [0.15, 0.2) is 0 Å². The van der Waals surface area contributed by atoms with E-state index in [0.29, 0.717) is 35.8 Å². The molecule has 35 heavy (non-hydrogen) atoms. The number of hydrogen-bond donors (Lipinski definition) is 0. The van der Waals surface area contributed by atoms with E-state index < -0.39 is 0 Å². The van der Waals surface area contributed by atoms with Crippen molar-refractivity contribution in [2.24, 2.45) is 4.99 Å². The van der Waals surface area contributed by atoms with Crippen LogP contribution < -0.4 is 9.84 Å². The second-order valence-electron chi connectivity index (χ2n) is 9.19. The smallest absolute Gasteiger partial charge is 0.338 e. The Kier molecular flexibility index (Phi) is 12.3. The van der Waals surface area contributed by atoms with Crippen LogP contribution in [0.3, 0.4) is 0 Å². The van der Waals surface area contributed by atoms with Crippen LogP contribution >= 0.6 is 0 Å². The van der Waals surface area contributed by atoms with E-state index in [1.807, 2.05) is 6.07 Å². The van der Waals surface area contributed by atoms with Crippen LogP contribution in [0.4, 0.5) is 5.69 Å². The lowest BCUT2D eigenvalue weighted by atomic mass is 10.1. The summed E-state index contributed by atoms with van der Waals surface area (Å²) in [4.78, 5) is 16.6.